The largest absolute Gasteiger partial charge is 0.444 e. The van der Waals surface area contributed by atoms with Crippen LogP contribution in [0.4, 0.5) is 28.8 Å². The standard InChI is InChI=1S/C82H156N6O21/c1-67(2,3)43-77(49-83-61(89)104-71(13,14)15)45-79(51-85-63(91)106-73(19,20)21)47-81(69(7,8)9,53-87-65(93)108-75(25,26)27)59-102-41-35-97-36-42-103-60-82(70(10,11)12,54-88-66(94)109-76(28,29)30)48-80(52-86-64(92)107-74(22,23)24,58-101-40-34-96-33-39-100-57-79)46-78(44-68(4,5)6,50-84-62(90)105-72(16,17)18)56-99-38-32-95-31-37-98-55-77/h31-60H2,1-30H3,(H,83,89)(H,84,90)(H,85,91)(H,86,92)(H,87,93)(H,88,94). The number of amides is 6. The van der Waals surface area contributed by atoms with Crippen LogP contribution in [0.3, 0.4) is 0 Å². The number of fused-ring (bicyclic) bond motifs is 10. The predicted octanol–water partition coefficient (Wildman–Crippen LogP) is 14.8. The zero-order valence-corrected chi connectivity index (χ0v) is 73.8. The van der Waals surface area contributed by atoms with E-state index < -0.39 is 124 Å². The molecule has 2 saturated heterocycles. The summed E-state index contributed by atoms with van der Waals surface area (Å²) >= 11 is 0. The molecule has 0 aromatic heterocycles. The third kappa shape index (κ3) is 42.8. The summed E-state index contributed by atoms with van der Waals surface area (Å²) in [5, 5.41) is 19.0. The third-order valence-electron chi connectivity index (χ3n) is 18.5. The molecule has 2 aliphatic rings. The Hall–Kier alpha value is -4.74. The van der Waals surface area contributed by atoms with Gasteiger partial charge in [0.25, 0.3) is 0 Å². The van der Waals surface area contributed by atoms with Gasteiger partial charge in [0.1, 0.15) is 33.6 Å². The zero-order chi connectivity index (χ0) is 83.5. The molecule has 0 aromatic carbocycles. The Bertz CT molecular complexity index is 2560. The lowest BCUT2D eigenvalue weighted by molar-refractivity contribution is -0.117. The second kappa shape index (κ2) is 42.0. The van der Waals surface area contributed by atoms with E-state index in [0.717, 1.165) is 0 Å². The molecule has 2 fully saturated rings. The lowest BCUT2D eigenvalue weighted by Crippen LogP contribution is -2.57. The molecule has 6 atom stereocenters. The Balaban J connectivity index is 3.44. The van der Waals surface area contributed by atoms with Crippen molar-refractivity contribution in [3.63, 3.8) is 0 Å². The van der Waals surface area contributed by atoms with Crippen molar-refractivity contribution < 1.29 is 99.8 Å². The minimum absolute atomic E-state index is 0.0118. The van der Waals surface area contributed by atoms with E-state index in [1.807, 2.05) is 0 Å². The van der Waals surface area contributed by atoms with Crippen molar-refractivity contribution in [2.45, 2.75) is 280 Å². The third-order valence-corrected chi connectivity index (χ3v) is 18.5. The van der Waals surface area contributed by atoms with Crippen LogP contribution in [0.1, 0.15) is 246 Å². The smallest absolute Gasteiger partial charge is 0.407 e. The quantitative estimate of drug-likeness (QED) is 0.0695. The van der Waals surface area contributed by atoms with Gasteiger partial charge in [-0.15, -0.1) is 0 Å². The number of alkyl carbamates (subject to hydrolysis) is 6. The topological polar surface area (TPSA) is 313 Å². The Labute approximate surface area is 657 Å². The van der Waals surface area contributed by atoms with Crippen LogP contribution in [-0.4, -0.2) is 228 Å². The molecule has 2 heterocycles. The van der Waals surface area contributed by atoms with Crippen molar-refractivity contribution in [2.75, 3.05) is 158 Å². The van der Waals surface area contributed by atoms with Gasteiger partial charge in [0.05, 0.1) is 119 Å². The van der Waals surface area contributed by atoms with E-state index in [-0.39, 0.29) is 184 Å². The molecule has 6 N–H and O–H groups in total. The van der Waals surface area contributed by atoms with Crippen LogP contribution in [0.5, 0.6) is 0 Å². The van der Waals surface area contributed by atoms with Crippen LogP contribution >= 0.6 is 0 Å². The van der Waals surface area contributed by atoms with Crippen molar-refractivity contribution >= 4 is 36.6 Å². The number of carbonyl (C=O) groups is 6. The Morgan fingerprint density at radius 1 is 0.248 bits per heavy atom. The monoisotopic (exact) mass is 1560 g/mol. The summed E-state index contributed by atoms with van der Waals surface area (Å²) in [6.45, 7) is 59.3. The van der Waals surface area contributed by atoms with E-state index in [4.69, 9.17) is 71.1 Å². The van der Waals surface area contributed by atoms with Gasteiger partial charge in [-0.25, -0.2) is 28.8 Å². The molecular weight excluding hydrogens is 1400 g/mol. The minimum atomic E-state index is -1.13. The molecular formula is C82H156N6O21. The molecule has 27 nitrogen and oxygen atoms in total. The number of nitrogens with one attached hydrogen (secondary N) is 6. The molecule has 2 bridgehead atoms. The van der Waals surface area contributed by atoms with E-state index in [2.05, 4.69) is 115 Å². The maximum absolute atomic E-state index is 14.4. The average Bonchev–Trinajstić information content (AvgIpc) is 0.764. The zero-order valence-electron chi connectivity index (χ0n) is 73.8. The van der Waals surface area contributed by atoms with Gasteiger partial charge in [0.15, 0.2) is 0 Å². The Morgan fingerprint density at radius 2 is 0.440 bits per heavy atom. The number of hydrogen-bond donors (Lipinski definition) is 6. The lowest BCUT2D eigenvalue weighted by Gasteiger charge is -2.53. The molecule has 2 aliphatic heterocycles. The van der Waals surface area contributed by atoms with E-state index >= 15 is 0 Å². The molecule has 0 radical (unpaired) electrons. The highest BCUT2D eigenvalue weighted by Gasteiger charge is 2.55. The number of rotatable bonds is 14. The van der Waals surface area contributed by atoms with Crippen LogP contribution in [0.25, 0.3) is 0 Å². The van der Waals surface area contributed by atoms with Crippen LogP contribution in [0.2, 0.25) is 0 Å². The van der Waals surface area contributed by atoms with Gasteiger partial charge in [-0.3, -0.25) is 0 Å². The fraction of sp³-hybridized carbons (Fsp3) is 0.927. The van der Waals surface area contributed by atoms with Gasteiger partial charge < -0.3 is 103 Å². The molecule has 27 heteroatoms. The van der Waals surface area contributed by atoms with Crippen molar-refractivity contribution in [2.24, 2.45) is 54.1 Å². The molecule has 0 aromatic rings. The Kier molecular flexibility index (Phi) is 38.7. The van der Waals surface area contributed by atoms with Gasteiger partial charge in [0.2, 0.25) is 0 Å². The van der Waals surface area contributed by atoms with Gasteiger partial charge in [-0.2, -0.15) is 0 Å². The first-order valence-electron chi connectivity index (χ1n) is 39.5. The number of ether oxygens (including phenoxy) is 15. The van der Waals surface area contributed by atoms with Gasteiger partial charge in [-0.05, 0) is 185 Å². The second-order valence-corrected chi connectivity index (χ2v) is 41.5. The van der Waals surface area contributed by atoms with Crippen LogP contribution < -0.4 is 31.9 Å². The van der Waals surface area contributed by atoms with E-state index in [1.54, 1.807) is 125 Å². The maximum atomic E-state index is 14.4. The van der Waals surface area contributed by atoms with Crippen LogP contribution in [0, 0.1) is 54.1 Å². The summed E-state index contributed by atoms with van der Waals surface area (Å²) in [6.07, 6.45) is -2.03. The lowest BCUT2D eigenvalue weighted by atomic mass is 9.55. The number of carbonyl (C=O) groups excluding carboxylic acids is 6. The molecule has 0 spiro atoms. The SMILES string of the molecule is CC(C)(C)CC1(CNC(=O)OC(C)(C)C)COCCOCCOCC(CNC(=O)OC(C)(C)C)(CC(C)(C)C)CC2(CNC(=O)OC(C)(C)C)COCCOCCOCC(CNC(=O)OC(C)(C)C)(C1)CC(CNC(=O)OC(C)(C)C)(C(C)(C)C)COCCOCCOCC(CNC(=O)OC(C)(C)C)(C(C)(C)C)C2. The molecule has 0 saturated carbocycles. The van der Waals surface area contributed by atoms with Crippen molar-refractivity contribution in [3.05, 3.63) is 0 Å². The molecule has 640 valence electrons. The maximum Gasteiger partial charge on any atom is 0.407 e. The van der Waals surface area contributed by atoms with Gasteiger partial charge >= 0.3 is 36.6 Å². The molecule has 2 rings (SSSR count). The first-order chi connectivity index (χ1) is 49.5. The minimum Gasteiger partial charge on any atom is -0.444 e. The second-order valence-electron chi connectivity index (χ2n) is 41.5. The highest BCUT2D eigenvalue weighted by molar-refractivity contribution is 5.70. The normalized spacial score (nSPS) is 25.5. The predicted molar refractivity (Wildman–Crippen MR) is 423 cm³/mol. The highest BCUT2D eigenvalue weighted by atomic mass is 16.6. The molecule has 109 heavy (non-hydrogen) atoms. The van der Waals surface area contributed by atoms with E-state index in [0.29, 0.717) is 12.8 Å². The molecule has 6 unspecified atom stereocenters. The molecule has 0 aliphatic carbocycles. The summed E-state index contributed by atoms with van der Waals surface area (Å²) < 4.78 is 96.6. The Morgan fingerprint density at radius 3 is 0.651 bits per heavy atom. The summed E-state index contributed by atoms with van der Waals surface area (Å²) in [7, 11) is 0. The van der Waals surface area contributed by atoms with Crippen molar-refractivity contribution in [1.82, 2.24) is 31.9 Å². The summed E-state index contributed by atoms with van der Waals surface area (Å²) in [5.41, 5.74) is -13.6. The fourth-order valence-corrected chi connectivity index (χ4v) is 14.6. The van der Waals surface area contributed by atoms with E-state index in [1.165, 1.54) is 0 Å². The first-order valence-corrected chi connectivity index (χ1v) is 39.5. The van der Waals surface area contributed by atoms with Crippen molar-refractivity contribution in [1.29, 1.82) is 0 Å². The fourth-order valence-electron chi connectivity index (χ4n) is 14.6. The average molecular weight is 1560 g/mol. The van der Waals surface area contributed by atoms with Crippen LogP contribution in [-0.2, 0) is 71.1 Å². The number of hydrogen-bond acceptors (Lipinski definition) is 21. The van der Waals surface area contributed by atoms with Crippen molar-refractivity contribution in [3.8, 4) is 0 Å². The summed E-state index contributed by atoms with van der Waals surface area (Å²) in [5.74, 6) is 0. The molecule has 6 amide bonds. The summed E-state index contributed by atoms with van der Waals surface area (Å²) in [4.78, 5) is 85.2. The van der Waals surface area contributed by atoms with Gasteiger partial charge in [0, 0.05) is 71.8 Å². The van der Waals surface area contributed by atoms with E-state index in [9.17, 15) is 28.8 Å². The van der Waals surface area contributed by atoms with Crippen LogP contribution in [0.15, 0.2) is 0 Å². The summed E-state index contributed by atoms with van der Waals surface area (Å²) in [6, 6.07) is 0. The first kappa shape index (κ1) is 100. The highest BCUT2D eigenvalue weighted by Crippen LogP contribution is 2.55. The van der Waals surface area contributed by atoms with Gasteiger partial charge in [-0.1, -0.05) is 83.1 Å².